The molecule has 1 aliphatic heterocycles. The van der Waals surface area contributed by atoms with Crippen LogP contribution in [0.3, 0.4) is 0 Å². The van der Waals surface area contributed by atoms with Gasteiger partial charge >= 0.3 is 0 Å². The molecular formula is C18H21BrN2. The Hall–Kier alpha value is -1.48. The lowest BCUT2D eigenvalue weighted by molar-refractivity contribution is 0.949. The van der Waals surface area contributed by atoms with Gasteiger partial charge in [-0.05, 0) is 65.0 Å². The summed E-state index contributed by atoms with van der Waals surface area (Å²) in [5.41, 5.74) is 5.18. The average molecular weight is 345 g/mol. The number of nitrogens with zero attached hydrogens (tertiary/aromatic N) is 1. The zero-order valence-electron chi connectivity index (χ0n) is 12.4. The van der Waals surface area contributed by atoms with E-state index >= 15 is 0 Å². The fraction of sp³-hybridized carbons (Fsp3) is 0.333. The standard InChI is InChI=1S/C18H21BrN2/c1-14-8-9-16(19)17(12-14)20-13-15-6-2-3-7-18(15)21-10-4-5-11-21/h2-3,6-9,12,20H,4-5,10-11,13H2,1H3. The van der Waals surface area contributed by atoms with Gasteiger partial charge in [-0.1, -0.05) is 24.3 Å². The number of anilines is 2. The summed E-state index contributed by atoms with van der Waals surface area (Å²) in [6.07, 6.45) is 2.62. The molecule has 0 spiro atoms. The summed E-state index contributed by atoms with van der Waals surface area (Å²) >= 11 is 3.62. The first kappa shape index (κ1) is 14.5. The van der Waals surface area contributed by atoms with Gasteiger partial charge in [-0.2, -0.15) is 0 Å². The summed E-state index contributed by atoms with van der Waals surface area (Å²) in [4.78, 5) is 2.50. The Morgan fingerprint density at radius 2 is 1.86 bits per heavy atom. The number of para-hydroxylation sites is 1. The Bertz CT molecular complexity index is 618. The molecule has 1 N–H and O–H groups in total. The molecule has 2 nitrogen and oxygen atoms in total. The van der Waals surface area contributed by atoms with Gasteiger partial charge in [0, 0.05) is 35.5 Å². The Labute approximate surface area is 135 Å². The normalized spacial score (nSPS) is 14.5. The summed E-state index contributed by atoms with van der Waals surface area (Å²) in [6, 6.07) is 15.1. The minimum Gasteiger partial charge on any atom is -0.380 e. The number of rotatable bonds is 4. The summed E-state index contributed by atoms with van der Waals surface area (Å²) < 4.78 is 1.12. The highest BCUT2D eigenvalue weighted by Crippen LogP contribution is 2.27. The maximum Gasteiger partial charge on any atom is 0.0489 e. The third-order valence-electron chi connectivity index (χ3n) is 4.03. The Morgan fingerprint density at radius 1 is 1.10 bits per heavy atom. The quantitative estimate of drug-likeness (QED) is 0.842. The number of halogens is 1. The molecule has 1 saturated heterocycles. The van der Waals surface area contributed by atoms with Crippen LogP contribution in [-0.4, -0.2) is 13.1 Å². The third kappa shape index (κ3) is 3.41. The van der Waals surface area contributed by atoms with Crippen molar-refractivity contribution in [3.63, 3.8) is 0 Å². The van der Waals surface area contributed by atoms with Gasteiger partial charge < -0.3 is 10.2 Å². The minimum atomic E-state index is 0.856. The number of benzene rings is 2. The lowest BCUT2D eigenvalue weighted by Gasteiger charge is -2.22. The third-order valence-corrected chi connectivity index (χ3v) is 4.72. The van der Waals surface area contributed by atoms with E-state index in [0.29, 0.717) is 0 Å². The second-order valence-electron chi connectivity index (χ2n) is 5.66. The van der Waals surface area contributed by atoms with E-state index in [2.05, 4.69) is 75.5 Å². The van der Waals surface area contributed by atoms with Crippen molar-refractivity contribution in [1.29, 1.82) is 0 Å². The molecule has 0 unspecified atom stereocenters. The maximum atomic E-state index is 3.62. The van der Waals surface area contributed by atoms with E-state index < -0.39 is 0 Å². The predicted octanol–water partition coefficient (Wildman–Crippen LogP) is 4.97. The summed E-state index contributed by atoms with van der Waals surface area (Å²) in [6.45, 7) is 5.35. The molecular weight excluding hydrogens is 324 g/mol. The van der Waals surface area contributed by atoms with Crippen molar-refractivity contribution in [2.24, 2.45) is 0 Å². The first-order chi connectivity index (χ1) is 10.2. The van der Waals surface area contributed by atoms with Crippen molar-refractivity contribution in [3.8, 4) is 0 Å². The summed E-state index contributed by atoms with van der Waals surface area (Å²) in [7, 11) is 0. The van der Waals surface area contributed by atoms with Crippen LogP contribution >= 0.6 is 15.9 Å². The molecule has 3 rings (SSSR count). The van der Waals surface area contributed by atoms with E-state index in [0.717, 1.165) is 16.7 Å². The molecule has 0 atom stereocenters. The van der Waals surface area contributed by atoms with Gasteiger partial charge in [0.05, 0.1) is 0 Å². The highest BCUT2D eigenvalue weighted by atomic mass is 79.9. The van der Waals surface area contributed by atoms with Gasteiger partial charge in [0.2, 0.25) is 0 Å². The Morgan fingerprint density at radius 3 is 2.67 bits per heavy atom. The SMILES string of the molecule is Cc1ccc(Br)c(NCc2ccccc2N2CCCC2)c1. The monoisotopic (exact) mass is 344 g/mol. The van der Waals surface area contributed by atoms with Crippen molar-refractivity contribution < 1.29 is 0 Å². The van der Waals surface area contributed by atoms with Crippen molar-refractivity contribution in [2.75, 3.05) is 23.3 Å². The first-order valence-corrected chi connectivity index (χ1v) is 8.36. The van der Waals surface area contributed by atoms with Crippen LogP contribution in [0.15, 0.2) is 46.9 Å². The molecule has 110 valence electrons. The van der Waals surface area contributed by atoms with E-state index in [1.165, 1.54) is 42.7 Å². The van der Waals surface area contributed by atoms with Crippen LogP contribution in [0.5, 0.6) is 0 Å². The highest BCUT2D eigenvalue weighted by molar-refractivity contribution is 9.10. The summed E-state index contributed by atoms with van der Waals surface area (Å²) in [5.74, 6) is 0. The van der Waals surface area contributed by atoms with Gasteiger partial charge in [0.25, 0.3) is 0 Å². The number of hydrogen-bond acceptors (Lipinski definition) is 2. The van der Waals surface area contributed by atoms with E-state index in [4.69, 9.17) is 0 Å². The van der Waals surface area contributed by atoms with Crippen LogP contribution in [0.2, 0.25) is 0 Å². The fourth-order valence-corrected chi connectivity index (χ4v) is 3.28. The number of hydrogen-bond donors (Lipinski definition) is 1. The van der Waals surface area contributed by atoms with Gasteiger partial charge in [-0.15, -0.1) is 0 Å². The topological polar surface area (TPSA) is 15.3 Å². The van der Waals surface area contributed by atoms with Crippen LogP contribution in [0.25, 0.3) is 0 Å². The van der Waals surface area contributed by atoms with Gasteiger partial charge in [0.1, 0.15) is 0 Å². The van der Waals surface area contributed by atoms with Crippen LogP contribution in [-0.2, 0) is 6.54 Å². The minimum absolute atomic E-state index is 0.856. The molecule has 0 bridgehead atoms. The van der Waals surface area contributed by atoms with Gasteiger partial charge in [-0.3, -0.25) is 0 Å². The molecule has 3 heteroatoms. The lowest BCUT2D eigenvalue weighted by atomic mass is 10.1. The molecule has 2 aromatic rings. The summed E-state index contributed by atoms with van der Waals surface area (Å²) in [5, 5.41) is 3.56. The molecule has 0 aromatic heterocycles. The van der Waals surface area contributed by atoms with E-state index in [1.807, 2.05) is 0 Å². The predicted molar refractivity (Wildman–Crippen MR) is 94.1 cm³/mol. The van der Waals surface area contributed by atoms with Crippen LogP contribution < -0.4 is 10.2 Å². The van der Waals surface area contributed by atoms with Crippen LogP contribution in [0, 0.1) is 6.92 Å². The van der Waals surface area contributed by atoms with Crippen LogP contribution in [0.4, 0.5) is 11.4 Å². The smallest absolute Gasteiger partial charge is 0.0489 e. The van der Waals surface area contributed by atoms with E-state index in [1.54, 1.807) is 0 Å². The highest BCUT2D eigenvalue weighted by Gasteiger charge is 2.15. The molecule has 0 amide bonds. The zero-order chi connectivity index (χ0) is 14.7. The fourth-order valence-electron chi connectivity index (χ4n) is 2.89. The number of aryl methyl sites for hydroxylation is 1. The van der Waals surface area contributed by atoms with E-state index in [9.17, 15) is 0 Å². The largest absolute Gasteiger partial charge is 0.380 e. The molecule has 21 heavy (non-hydrogen) atoms. The number of nitrogens with one attached hydrogen (secondary N) is 1. The zero-order valence-corrected chi connectivity index (χ0v) is 14.0. The van der Waals surface area contributed by atoms with Gasteiger partial charge in [-0.25, -0.2) is 0 Å². The van der Waals surface area contributed by atoms with Crippen molar-refractivity contribution >= 4 is 27.3 Å². The lowest BCUT2D eigenvalue weighted by Crippen LogP contribution is -2.19. The Kier molecular flexibility index (Phi) is 4.49. The molecule has 0 aliphatic carbocycles. The molecule has 0 radical (unpaired) electrons. The second kappa shape index (κ2) is 6.52. The van der Waals surface area contributed by atoms with Crippen molar-refractivity contribution in [2.45, 2.75) is 26.3 Å². The van der Waals surface area contributed by atoms with Gasteiger partial charge in [0.15, 0.2) is 0 Å². The molecule has 1 heterocycles. The molecule has 1 aliphatic rings. The molecule has 0 saturated carbocycles. The van der Waals surface area contributed by atoms with Crippen molar-refractivity contribution in [3.05, 3.63) is 58.1 Å². The first-order valence-electron chi connectivity index (χ1n) is 7.57. The second-order valence-corrected chi connectivity index (χ2v) is 6.51. The molecule has 2 aromatic carbocycles. The molecule has 1 fully saturated rings. The van der Waals surface area contributed by atoms with Crippen LogP contribution in [0.1, 0.15) is 24.0 Å². The Balaban J connectivity index is 1.77. The van der Waals surface area contributed by atoms with Crippen molar-refractivity contribution in [1.82, 2.24) is 0 Å². The maximum absolute atomic E-state index is 3.62. The average Bonchev–Trinajstić information content (AvgIpc) is 3.03. The van der Waals surface area contributed by atoms with E-state index in [-0.39, 0.29) is 0 Å².